The lowest BCUT2D eigenvalue weighted by Crippen LogP contribution is -2.41. The van der Waals surface area contributed by atoms with E-state index < -0.39 is 23.8 Å². The summed E-state index contributed by atoms with van der Waals surface area (Å²) in [5.41, 5.74) is 2.29. The average Bonchev–Trinajstić information content (AvgIpc) is 3.36. The first-order chi connectivity index (χ1) is 18.0. The maximum absolute atomic E-state index is 14.0. The summed E-state index contributed by atoms with van der Waals surface area (Å²) < 4.78 is 47.4. The van der Waals surface area contributed by atoms with Crippen molar-refractivity contribution in [1.82, 2.24) is 15.5 Å². The number of hydrogen-bond donors (Lipinski definition) is 2. The molecule has 0 aliphatic rings. The van der Waals surface area contributed by atoms with Crippen molar-refractivity contribution < 1.29 is 27.6 Å². The molecule has 198 valence electrons. The first-order valence-electron chi connectivity index (χ1n) is 12.2. The van der Waals surface area contributed by atoms with E-state index in [1.54, 1.807) is 43.3 Å². The normalized spacial score (nSPS) is 12.6. The van der Waals surface area contributed by atoms with Gasteiger partial charge in [-0.1, -0.05) is 67.5 Å². The molecule has 3 aromatic carbocycles. The number of hydrogen-bond acceptors (Lipinski definition) is 5. The zero-order chi connectivity index (χ0) is 27.4. The topological polar surface area (TPSA) is 88.2 Å². The van der Waals surface area contributed by atoms with E-state index >= 15 is 0 Å². The van der Waals surface area contributed by atoms with E-state index in [9.17, 15) is 23.1 Å². The van der Waals surface area contributed by atoms with Crippen LogP contribution in [0.25, 0.3) is 34.0 Å². The fraction of sp³-hybridized carbons (Fsp3) is 0.276. The minimum atomic E-state index is -4.58. The molecule has 1 unspecified atom stereocenters. The largest absolute Gasteiger partial charge is 0.480 e. The van der Waals surface area contributed by atoms with Gasteiger partial charge in [0, 0.05) is 11.1 Å². The molecule has 0 saturated heterocycles. The third-order valence-corrected chi connectivity index (χ3v) is 6.33. The lowest BCUT2D eigenvalue weighted by atomic mass is 9.94. The molecule has 9 heteroatoms. The molecule has 0 fully saturated rings. The molecule has 2 N–H and O–H groups in total. The fourth-order valence-electron chi connectivity index (χ4n) is 4.33. The number of aromatic nitrogens is 2. The van der Waals surface area contributed by atoms with Crippen molar-refractivity contribution in [3.8, 4) is 34.0 Å². The van der Waals surface area contributed by atoms with E-state index in [0.29, 0.717) is 24.1 Å². The van der Waals surface area contributed by atoms with Gasteiger partial charge in [-0.05, 0) is 66.3 Å². The maximum Gasteiger partial charge on any atom is 0.417 e. The minimum absolute atomic E-state index is 0.0184. The summed E-state index contributed by atoms with van der Waals surface area (Å²) in [6.45, 7) is 5.92. The molecule has 1 heterocycles. The molecule has 0 radical (unpaired) electrons. The first kappa shape index (κ1) is 27.1. The molecular formula is C29H28F3N3O3. The predicted molar refractivity (Wildman–Crippen MR) is 138 cm³/mol. The number of carbonyl (C=O) groups is 1. The predicted octanol–water partition coefficient (Wildman–Crippen LogP) is 6.64. The van der Waals surface area contributed by atoms with Crippen LogP contribution in [0, 0.1) is 12.8 Å². The summed E-state index contributed by atoms with van der Waals surface area (Å²) in [6, 6.07) is 17.6. The second kappa shape index (κ2) is 11.2. The summed E-state index contributed by atoms with van der Waals surface area (Å²) in [6.07, 6.45) is -4.00. The molecule has 0 aliphatic heterocycles. The molecule has 4 aromatic rings. The number of nitrogens with one attached hydrogen (secondary N) is 1. The van der Waals surface area contributed by atoms with Gasteiger partial charge in [-0.15, -0.1) is 0 Å². The first-order valence-corrected chi connectivity index (χ1v) is 12.2. The Kier molecular flexibility index (Phi) is 7.97. The average molecular weight is 524 g/mol. The smallest absolute Gasteiger partial charge is 0.417 e. The molecule has 38 heavy (non-hydrogen) atoms. The number of aryl methyl sites for hydroxylation is 1. The standard InChI is InChI=1S/C29H28F3N3O3/c1-17(2)25(28(36)37)33-14-13-19-8-6-9-20(15-19)26-34-27(38-35-26)21-11-12-23(24(16-21)29(30,31)32)22-10-5-4-7-18(22)3/h4-12,15-17,25,33H,13-14H2,1-3H3,(H,36,37). The fourth-order valence-corrected chi connectivity index (χ4v) is 4.33. The van der Waals surface area contributed by atoms with Crippen LogP contribution in [0.2, 0.25) is 0 Å². The molecule has 0 bridgehead atoms. The van der Waals surface area contributed by atoms with Gasteiger partial charge in [0.05, 0.1) is 5.56 Å². The van der Waals surface area contributed by atoms with Crippen molar-refractivity contribution in [2.24, 2.45) is 5.92 Å². The summed E-state index contributed by atoms with van der Waals surface area (Å²) >= 11 is 0. The Hall–Kier alpha value is -3.98. The number of halogens is 3. The van der Waals surface area contributed by atoms with Crippen molar-refractivity contribution in [3.05, 3.63) is 83.4 Å². The van der Waals surface area contributed by atoms with Crippen molar-refractivity contribution >= 4 is 5.97 Å². The van der Waals surface area contributed by atoms with Crippen molar-refractivity contribution in [1.29, 1.82) is 0 Å². The SMILES string of the molecule is Cc1ccccc1-c1ccc(-c2nc(-c3cccc(CCNC(C(=O)O)C(C)C)c3)no2)cc1C(F)(F)F. The van der Waals surface area contributed by atoms with Crippen LogP contribution in [-0.4, -0.2) is 33.8 Å². The number of aliphatic carboxylic acids is 1. The lowest BCUT2D eigenvalue weighted by Gasteiger charge is -2.17. The van der Waals surface area contributed by atoms with E-state index in [1.165, 1.54) is 6.07 Å². The molecule has 1 aromatic heterocycles. The Morgan fingerprint density at radius 3 is 2.45 bits per heavy atom. The van der Waals surface area contributed by atoms with Gasteiger partial charge in [0.15, 0.2) is 0 Å². The third-order valence-electron chi connectivity index (χ3n) is 6.33. The van der Waals surface area contributed by atoms with Crippen LogP contribution in [0.4, 0.5) is 13.2 Å². The van der Waals surface area contributed by atoms with Crippen LogP contribution >= 0.6 is 0 Å². The second-order valence-corrected chi connectivity index (χ2v) is 9.46. The lowest BCUT2D eigenvalue weighted by molar-refractivity contribution is -0.140. The summed E-state index contributed by atoms with van der Waals surface area (Å²) in [5, 5.41) is 16.4. The third kappa shape index (κ3) is 6.11. The highest BCUT2D eigenvalue weighted by molar-refractivity contribution is 5.75. The Morgan fingerprint density at radius 1 is 1.00 bits per heavy atom. The van der Waals surface area contributed by atoms with E-state index in [-0.39, 0.29) is 28.8 Å². The number of alkyl halides is 3. The highest BCUT2D eigenvalue weighted by atomic mass is 19.4. The molecule has 0 saturated carbocycles. The molecule has 4 rings (SSSR count). The van der Waals surface area contributed by atoms with E-state index in [4.69, 9.17) is 4.52 Å². The van der Waals surface area contributed by atoms with E-state index in [2.05, 4.69) is 15.5 Å². The number of benzene rings is 3. The Bertz CT molecular complexity index is 1430. The Morgan fingerprint density at radius 2 is 1.76 bits per heavy atom. The molecule has 0 aliphatic carbocycles. The number of carboxylic acid groups (broad SMARTS) is 1. The van der Waals surface area contributed by atoms with E-state index in [0.717, 1.165) is 17.2 Å². The number of carboxylic acids is 1. The Balaban J connectivity index is 1.57. The summed E-state index contributed by atoms with van der Waals surface area (Å²) in [4.78, 5) is 15.7. The second-order valence-electron chi connectivity index (χ2n) is 9.46. The van der Waals surface area contributed by atoms with Crippen LogP contribution in [-0.2, 0) is 17.4 Å². The van der Waals surface area contributed by atoms with E-state index in [1.807, 2.05) is 32.0 Å². The van der Waals surface area contributed by atoms with Gasteiger partial charge in [0.25, 0.3) is 5.89 Å². The van der Waals surface area contributed by atoms with Gasteiger partial charge in [-0.3, -0.25) is 4.79 Å². The molecule has 0 spiro atoms. The molecule has 0 amide bonds. The zero-order valence-corrected chi connectivity index (χ0v) is 21.2. The minimum Gasteiger partial charge on any atom is -0.480 e. The number of nitrogens with zero attached hydrogens (tertiary/aromatic N) is 2. The quantitative estimate of drug-likeness (QED) is 0.256. The van der Waals surface area contributed by atoms with Crippen molar-refractivity contribution in [3.63, 3.8) is 0 Å². The van der Waals surface area contributed by atoms with Crippen LogP contribution in [0.1, 0.15) is 30.5 Å². The summed E-state index contributed by atoms with van der Waals surface area (Å²) in [5.74, 6) is -0.721. The molecular weight excluding hydrogens is 495 g/mol. The zero-order valence-electron chi connectivity index (χ0n) is 21.2. The van der Waals surface area contributed by atoms with Crippen molar-refractivity contribution in [2.75, 3.05) is 6.54 Å². The van der Waals surface area contributed by atoms with Gasteiger partial charge in [0.1, 0.15) is 6.04 Å². The van der Waals surface area contributed by atoms with Gasteiger partial charge >= 0.3 is 12.1 Å². The van der Waals surface area contributed by atoms with Crippen molar-refractivity contribution in [2.45, 2.75) is 39.4 Å². The highest BCUT2D eigenvalue weighted by Crippen LogP contribution is 2.40. The van der Waals surface area contributed by atoms with Gasteiger partial charge in [-0.25, -0.2) is 0 Å². The maximum atomic E-state index is 14.0. The molecule has 1 atom stereocenters. The van der Waals surface area contributed by atoms with Crippen LogP contribution in [0.5, 0.6) is 0 Å². The Labute approximate surface area is 218 Å². The van der Waals surface area contributed by atoms with Crippen LogP contribution in [0.15, 0.2) is 71.3 Å². The van der Waals surface area contributed by atoms with Crippen LogP contribution < -0.4 is 5.32 Å². The summed E-state index contributed by atoms with van der Waals surface area (Å²) in [7, 11) is 0. The van der Waals surface area contributed by atoms with Gasteiger partial charge in [0.2, 0.25) is 5.82 Å². The van der Waals surface area contributed by atoms with Gasteiger partial charge < -0.3 is 14.9 Å². The number of rotatable bonds is 9. The van der Waals surface area contributed by atoms with Crippen LogP contribution in [0.3, 0.4) is 0 Å². The highest BCUT2D eigenvalue weighted by Gasteiger charge is 2.34. The van der Waals surface area contributed by atoms with Gasteiger partial charge in [-0.2, -0.15) is 18.2 Å². The monoisotopic (exact) mass is 523 g/mol. The molecule has 6 nitrogen and oxygen atoms in total.